The van der Waals surface area contributed by atoms with Gasteiger partial charge in [-0.25, -0.2) is 0 Å². The fourth-order valence-corrected chi connectivity index (χ4v) is 7.57. The molecular weight excluding hydrogens is 322 g/mol. The molecule has 1 spiro atoms. The van der Waals surface area contributed by atoms with E-state index in [1.54, 1.807) is 0 Å². The minimum absolute atomic E-state index is 0.00331. The monoisotopic (exact) mass is 351 g/mol. The lowest BCUT2D eigenvalue weighted by molar-refractivity contribution is -0.314. The molecule has 6 atom stereocenters. The number of carbonyl (C=O) groups excluding carboxylic acids is 1. The molecule has 26 heavy (non-hydrogen) atoms. The van der Waals surface area contributed by atoms with Gasteiger partial charge in [0.05, 0.1) is 17.1 Å². The molecule has 3 nitrogen and oxygen atoms in total. The van der Waals surface area contributed by atoms with Crippen molar-refractivity contribution >= 4 is 5.78 Å². The van der Waals surface area contributed by atoms with Crippen molar-refractivity contribution in [3.63, 3.8) is 0 Å². The van der Waals surface area contributed by atoms with Crippen LogP contribution in [-0.2, 0) is 9.53 Å². The highest BCUT2D eigenvalue weighted by Crippen LogP contribution is 2.78. The molecule has 1 aromatic rings. The summed E-state index contributed by atoms with van der Waals surface area (Å²) in [5.74, 6) is 0.451. The number of aromatic nitrogens is 1. The van der Waals surface area contributed by atoms with Gasteiger partial charge in [-0.15, -0.1) is 6.58 Å². The van der Waals surface area contributed by atoms with Gasteiger partial charge in [-0.05, 0) is 45.2 Å². The highest BCUT2D eigenvalue weighted by atomic mass is 16.5. The minimum Gasteiger partial charge on any atom is -0.366 e. The molecule has 138 valence electrons. The van der Waals surface area contributed by atoms with Gasteiger partial charge in [-0.2, -0.15) is 0 Å². The summed E-state index contributed by atoms with van der Waals surface area (Å²) in [6, 6.07) is 6.23. The summed E-state index contributed by atoms with van der Waals surface area (Å²) in [6.07, 6.45) is 8.18. The van der Waals surface area contributed by atoms with Crippen LogP contribution in [0.25, 0.3) is 0 Å². The molecule has 3 heteroatoms. The second-order valence-corrected chi connectivity index (χ2v) is 9.60. The molecule has 4 bridgehead atoms. The van der Waals surface area contributed by atoms with Crippen LogP contribution in [0.2, 0.25) is 0 Å². The Kier molecular flexibility index (Phi) is 3.12. The molecule has 6 rings (SSSR count). The molecule has 2 aliphatic heterocycles. The number of nitrogens with zero attached hydrogens (tertiary/aromatic N) is 1. The third-order valence-corrected chi connectivity index (χ3v) is 8.69. The summed E-state index contributed by atoms with van der Waals surface area (Å²) in [6.45, 7) is 10.9. The molecule has 0 amide bonds. The van der Waals surface area contributed by atoms with E-state index >= 15 is 0 Å². The van der Waals surface area contributed by atoms with Crippen LogP contribution in [-0.4, -0.2) is 22.0 Å². The second kappa shape index (κ2) is 4.86. The van der Waals surface area contributed by atoms with Gasteiger partial charge in [0.25, 0.3) is 0 Å². The molecule has 2 saturated heterocycles. The summed E-state index contributed by atoms with van der Waals surface area (Å²) < 4.78 is 7.05. The number of fused-ring (bicyclic) bond motifs is 1. The Bertz CT molecular complexity index is 818. The maximum atomic E-state index is 13.4. The van der Waals surface area contributed by atoms with Crippen LogP contribution in [0.15, 0.2) is 30.9 Å². The van der Waals surface area contributed by atoms with E-state index in [9.17, 15) is 4.79 Å². The Balaban J connectivity index is 1.75. The Hall–Kier alpha value is -1.48. The van der Waals surface area contributed by atoms with Gasteiger partial charge in [0.1, 0.15) is 5.78 Å². The predicted octanol–water partition coefficient (Wildman–Crippen LogP) is 4.75. The molecule has 3 aliphatic carbocycles. The van der Waals surface area contributed by atoms with E-state index in [2.05, 4.69) is 38.6 Å². The fraction of sp³-hybridized carbons (Fsp3) is 0.652. The number of hydrogen-bond donors (Lipinski definition) is 0. The normalized spacial score (nSPS) is 49.1. The molecule has 5 fully saturated rings. The lowest BCUT2D eigenvalue weighted by Crippen LogP contribution is -2.74. The standard InChI is InChI=1S/C23H29NO2/c1-5-22-13-16(17-10-8-9-15(2)24-17)21(4)19(22)18(25)14-23(26-21)12-7-6-11-20(22,23)3/h5,8-10,16,19H,1,6-7,11-14H2,2-4H3/t16-,19+,20?,21?,22?,23?/m1/s1. The highest BCUT2D eigenvalue weighted by Gasteiger charge is 2.81. The minimum atomic E-state index is -0.471. The second-order valence-electron chi connectivity index (χ2n) is 9.60. The smallest absolute Gasteiger partial charge is 0.142 e. The Morgan fingerprint density at radius 1 is 1.27 bits per heavy atom. The van der Waals surface area contributed by atoms with Crippen molar-refractivity contribution in [2.24, 2.45) is 16.7 Å². The SMILES string of the molecule is C=CC12C[C@H](c3cccc(C)n3)C3(C)OC4(CCCCC41C)CC(=O)[C@@H]32. The lowest BCUT2D eigenvalue weighted by Gasteiger charge is -2.70. The zero-order chi connectivity index (χ0) is 18.4. The van der Waals surface area contributed by atoms with Gasteiger partial charge in [0.15, 0.2) is 0 Å². The number of ether oxygens (including phenoxy) is 1. The van der Waals surface area contributed by atoms with Crippen molar-refractivity contribution < 1.29 is 9.53 Å². The van der Waals surface area contributed by atoms with E-state index in [0.29, 0.717) is 12.2 Å². The number of rotatable bonds is 2. The third kappa shape index (κ3) is 1.61. The number of ketones is 1. The molecule has 4 unspecified atom stereocenters. The van der Waals surface area contributed by atoms with Gasteiger partial charge < -0.3 is 4.74 Å². The average molecular weight is 351 g/mol. The maximum absolute atomic E-state index is 13.4. The van der Waals surface area contributed by atoms with Crippen molar-refractivity contribution in [1.82, 2.24) is 4.98 Å². The van der Waals surface area contributed by atoms with Crippen molar-refractivity contribution in [3.05, 3.63) is 42.2 Å². The molecule has 3 saturated carbocycles. The summed E-state index contributed by atoms with van der Waals surface area (Å²) >= 11 is 0. The van der Waals surface area contributed by atoms with Crippen molar-refractivity contribution in [2.45, 2.75) is 76.4 Å². The van der Waals surface area contributed by atoms with Crippen LogP contribution in [0.5, 0.6) is 0 Å². The number of allylic oxidation sites excluding steroid dienone is 1. The van der Waals surface area contributed by atoms with Crippen molar-refractivity contribution in [1.29, 1.82) is 0 Å². The Morgan fingerprint density at radius 2 is 2.04 bits per heavy atom. The first-order valence-electron chi connectivity index (χ1n) is 10.1. The molecule has 0 N–H and O–H groups in total. The van der Waals surface area contributed by atoms with Gasteiger partial charge >= 0.3 is 0 Å². The van der Waals surface area contributed by atoms with Crippen molar-refractivity contribution in [3.8, 4) is 0 Å². The van der Waals surface area contributed by atoms with Crippen LogP contribution in [0, 0.1) is 23.7 Å². The van der Waals surface area contributed by atoms with Gasteiger partial charge in [0, 0.05) is 34.6 Å². The highest BCUT2D eigenvalue weighted by molar-refractivity contribution is 5.88. The molecule has 1 aromatic heterocycles. The molecule has 3 heterocycles. The average Bonchev–Trinajstić information content (AvgIpc) is 2.84. The number of carbonyl (C=O) groups is 1. The zero-order valence-electron chi connectivity index (χ0n) is 16.2. The van der Waals surface area contributed by atoms with E-state index in [1.807, 2.05) is 13.0 Å². The van der Waals surface area contributed by atoms with Gasteiger partial charge in [-0.3, -0.25) is 9.78 Å². The van der Waals surface area contributed by atoms with E-state index in [-0.39, 0.29) is 28.3 Å². The first-order chi connectivity index (χ1) is 12.3. The quantitative estimate of drug-likeness (QED) is 0.722. The molecule has 5 aliphatic rings. The first kappa shape index (κ1) is 16.7. The first-order valence-corrected chi connectivity index (χ1v) is 10.1. The molecular formula is C23H29NO2. The van der Waals surface area contributed by atoms with Crippen LogP contribution in [0.1, 0.15) is 69.7 Å². The third-order valence-electron chi connectivity index (χ3n) is 8.69. The van der Waals surface area contributed by atoms with Crippen molar-refractivity contribution in [2.75, 3.05) is 0 Å². The maximum Gasteiger partial charge on any atom is 0.142 e. The number of pyridine rings is 1. The summed E-state index contributed by atoms with van der Waals surface area (Å²) in [5.41, 5.74) is 1.13. The molecule has 0 aromatic carbocycles. The topological polar surface area (TPSA) is 39.2 Å². The predicted molar refractivity (Wildman–Crippen MR) is 101 cm³/mol. The van der Waals surface area contributed by atoms with E-state index in [4.69, 9.17) is 9.72 Å². The van der Waals surface area contributed by atoms with E-state index < -0.39 is 5.60 Å². The van der Waals surface area contributed by atoms with Gasteiger partial charge in [-0.1, -0.05) is 31.9 Å². The van der Waals surface area contributed by atoms with Crippen LogP contribution >= 0.6 is 0 Å². The summed E-state index contributed by atoms with van der Waals surface area (Å²) in [4.78, 5) is 18.2. The fourth-order valence-electron chi connectivity index (χ4n) is 7.57. The number of aryl methyl sites for hydroxylation is 1. The summed E-state index contributed by atoms with van der Waals surface area (Å²) in [7, 11) is 0. The van der Waals surface area contributed by atoms with Gasteiger partial charge in [0.2, 0.25) is 0 Å². The van der Waals surface area contributed by atoms with Crippen LogP contribution in [0.4, 0.5) is 0 Å². The van der Waals surface area contributed by atoms with Crippen LogP contribution < -0.4 is 0 Å². The summed E-state index contributed by atoms with van der Waals surface area (Å²) in [5, 5.41) is 0. The Labute approximate surface area is 156 Å². The van der Waals surface area contributed by atoms with E-state index in [0.717, 1.165) is 37.1 Å². The number of Topliss-reactive ketones (excluding diaryl/α,β-unsaturated/α-hetero) is 1. The Morgan fingerprint density at radius 3 is 2.77 bits per heavy atom. The van der Waals surface area contributed by atoms with Crippen LogP contribution in [0.3, 0.4) is 0 Å². The lowest BCUT2D eigenvalue weighted by atomic mass is 9.41. The molecule has 0 radical (unpaired) electrons. The zero-order valence-corrected chi connectivity index (χ0v) is 16.2. The largest absolute Gasteiger partial charge is 0.366 e. The van der Waals surface area contributed by atoms with E-state index in [1.165, 1.54) is 6.42 Å². The number of hydrogen-bond acceptors (Lipinski definition) is 3.